The summed E-state index contributed by atoms with van der Waals surface area (Å²) < 4.78 is 90.7. The molecule has 0 atom stereocenters. The van der Waals surface area contributed by atoms with Gasteiger partial charge in [0.25, 0.3) is 10.1 Å². The van der Waals surface area contributed by atoms with Crippen molar-refractivity contribution >= 4 is 41.1 Å². The van der Waals surface area contributed by atoms with Crippen LogP contribution >= 0.6 is 31.0 Å². The van der Waals surface area contributed by atoms with Gasteiger partial charge in [-0.05, 0) is 51.6 Å². The van der Waals surface area contributed by atoms with Gasteiger partial charge in [-0.2, -0.15) is 21.6 Å². The summed E-state index contributed by atoms with van der Waals surface area (Å²) in [4.78, 5) is -1.53. The highest BCUT2D eigenvalue weighted by Gasteiger charge is 2.36. The lowest BCUT2D eigenvalue weighted by Gasteiger charge is -2.22. The molecule has 156 valence electrons. The third-order valence-corrected chi connectivity index (χ3v) is 7.34. The molecule has 1 aromatic carbocycles. The Kier molecular flexibility index (Phi) is 8.68. The first-order valence-electron chi connectivity index (χ1n) is 7.55. The van der Waals surface area contributed by atoms with Crippen LogP contribution in [0.4, 0.5) is 13.2 Å². The minimum Gasteiger partial charge on any atom is -0.304 e. The van der Waals surface area contributed by atoms with Crippen LogP contribution in [0.1, 0.15) is 27.7 Å². The molecule has 0 saturated heterocycles. The average Bonchev–Trinajstić information content (AvgIpc) is 2.41. The minimum absolute atomic E-state index is 0.464. The number of halogens is 4. The zero-order valence-corrected chi connectivity index (χ0v) is 18.1. The predicted molar refractivity (Wildman–Crippen MR) is 96.6 cm³/mol. The second-order valence-corrected chi connectivity index (χ2v) is 10.7. The summed E-state index contributed by atoms with van der Waals surface area (Å²) >= 11 is 5.14. The molecule has 13 heteroatoms. The second-order valence-electron chi connectivity index (χ2n) is 5.74. The standard InChI is InChI=1S/C14H19ClF3O6PS2/c1-9(2)23-25(19,24-10(3)4)8-22-27(20,21)13-11(15)6-5-7-12(13)26-14(16,17)18/h5-7,9-10H,8H2,1-4H3. The maximum absolute atomic E-state index is 12.7. The summed E-state index contributed by atoms with van der Waals surface area (Å²) in [6.07, 6.45) is -2.15. The van der Waals surface area contributed by atoms with Gasteiger partial charge in [-0.3, -0.25) is 8.75 Å². The number of hydrogen-bond donors (Lipinski definition) is 0. The number of benzene rings is 1. The van der Waals surface area contributed by atoms with Crippen LogP contribution in [0.2, 0.25) is 5.02 Å². The SMILES string of the molecule is CC(C)OP(=O)(COS(=O)(=O)c1c(Cl)cccc1SC(F)(F)F)OC(C)C. The van der Waals surface area contributed by atoms with Crippen molar-refractivity contribution in [3.63, 3.8) is 0 Å². The molecule has 0 aromatic heterocycles. The zero-order chi connectivity index (χ0) is 21.0. The highest BCUT2D eigenvalue weighted by Crippen LogP contribution is 2.51. The Labute approximate surface area is 165 Å². The Morgan fingerprint density at radius 2 is 1.67 bits per heavy atom. The zero-order valence-electron chi connectivity index (χ0n) is 14.8. The average molecular weight is 471 g/mol. The number of thioether (sulfide) groups is 1. The van der Waals surface area contributed by atoms with E-state index in [1.54, 1.807) is 27.7 Å². The Morgan fingerprint density at radius 1 is 1.15 bits per heavy atom. The fourth-order valence-corrected chi connectivity index (χ4v) is 6.67. The van der Waals surface area contributed by atoms with E-state index in [-0.39, 0.29) is 0 Å². The van der Waals surface area contributed by atoms with Gasteiger partial charge in [0.1, 0.15) is 4.90 Å². The van der Waals surface area contributed by atoms with Gasteiger partial charge in [0.2, 0.25) is 0 Å². The Hall–Kier alpha value is -0.290. The van der Waals surface area contributed by atoms with Crippen molar-refractivity contribution < 1.29 is 39.4 Å². The molecule has 0 aliphatic carbocycles. The van der Waals surface area contributed by atoms with Crippen LogP contribution in [0.5, 0.6) is 0 Å². The maximum Gasteiger partial charge on any atom is 0.446 e. The molecule has 0 saturated carbocycles. The molecule has 0 aliphatic rings. The monoisotopic (exact) mass is 470 g/mol. The summed E-state index contributed by atoms with van der Waals surface area (Å²) in [6.45, 7) is 6.21. The Morgan fingerprint density at radius 3 is 2.11 bits per heavy atom. The smallest absolute Gasteiger partial charge is 0.304 e. The molecule has 0 N–H and O–H groups in total. The molecule has 1 aromatic rings. The van der Waals surface area contributed by atoms with Crippen molar-refractivity contribution in [3.05, 3.63) is 23.2 Å². The fourth-order valence-electron chi connectivity index (χ4n) is 1.86. The van der Waals surface area contributed by atoms with Crippen LogP contribution < -0.4 is 0 Å². The quantitative estimate of drug-likeness (QED) is 0.262. The first-order valence-corrected chi connectivity index (χ1v) is 11.9. The molecular weight excluding hydrogens is 452 g/mol. The van der Waals surface area contributed by atoms with Crippen LogP contribution in [0, 0.1) is 0 Å². The van der Waals surface area contributed by atoms with E-state index in [2.05, 4.69) is 0 Å². The third kappa shape index (κ3) is 8.31. The van der Waals surface area contributed by atoms with Gasteiger partial charge in [0, 0.05) is 4.90 Å². The normalized spacial score (nSPS) is 13.6. The minimum atomic E-state index is -4.78. The molecule has 0 unspecified atom stereocenters. The topological polar surface area (TPSA) is 78.9 Å². The van der Waals surface area contributed by atoms with E-state index < -0.39 is 68.4 Å². The molecule has 0 radical (unpaired) electrons. The highest BCUT2D eigenvalue weighted by atomic mass is 35.5. The van der Waals surface area contributed by atoms with Gasteiger partial charge in [0.05, 0.1) is 17.2 Å². The lowest BCUT2D eigenvalue weighted by atomic mass is 10.4. The highest BCUT2D eigenvalue weighted by molar-refractivity contribution is 8.00. The van der Waals surface area contributed by atoms with Crippen molar-refractivity contribution in [2.24, 2.45) is 0 Å². The molecule has 27 heavy (non-hydrogen) atoms. The van der Waals surface area contributed by atoms with Gasteiger partial charge in [-0.1, -0.05) is 17.7 Å². The predicted octanol–water partition coefficient (Wildman–Crippen LogP) is 5.66. The summed E-state index contributed by atoms with van der Waals surface area (Å²) in [5, 5.41) is -0.464. The van der Waals surface area contributed by atoms with Crippen LogP contribution in [0.3, 0.4) is 0 Å². The third-order valence-electron chi connectivity index (χ3n) is 2.52. The van der Waals surface area contributed by atoms with E-state index in [1.807, 2.05) is 0 Å². The summed E-state index contributed by atoms with van der Waals surface area (Å²) in [5.41, 5.74) is -4.74. The van der Waals surface area contributed by atoms with Gasteiger partial charge in [-0.15, -0.1) is 0 Å². The van der Waals surface area contributed by atoms with E-state index in [0.29, 0.717) is 0 Å². The van der Waals surface area contributed by atoms with Crippen molar-refractivity contribution in [1.82, 2.24) is 0 Å². The van der Waals surface area contributed by atoms with E-state index >= 15 is 0 Å². The van der Waals surface area contributed by atoms with Crippen LogP contribution in [0.25, 0.3) is 0 Å². The molecule has 6 nitrogen and oxygen atoms in total. The first-order chi connectivity index (χ1) is 12.2. The van der Waals surface area contributed by atoms with E-state index in [1.165, 1.54) is 6.07 Å². The second kappa shape index (κ2) is 9.47. The van der Waals surface area contributed by atoms with Crippen molar-refractivity contribution in [2.75, 3.05) is 6.35 Å². The largest absolute Gasteiger partial charge is 0.446 e. The van der Waals surface area contributed by atoms with Crippen LogP contribution in [-0.4, -0.2) is 32.5 Å². The molecule has 0 amide bonds. The molecule has 0 aliphatic heterocycles. The molecule has 0 bridgehead atoms. The van der Waals surface area contributed by atoms with Gasteiger partial charge in [0.15, 0.2) is 6.35 Å². The number of alkyl halides is 3. The van der Waals surface area contributed by atoms with Gasteiger partial charge >= 0.3 is 13.1 Å². The van der Waals surface area contributed by atoms with Crippen LogP contribution in [0.15, 0.2) is 28.0 Å². The summed E-state index contributed by atoms with van der Waals surface area (Å²) in [5.74, 6) is 0. The maximum atomic E-state index is 12.7. The molecule has 1 rings (SSSR count). The van der Waals surface area contributed by atoms with Gasteiger partial charge < -0.3 is 9.05 Å². The summed E-state index contributed by atoms with van der Waals surface area (Å²) in [7, 11) is -8.78. The van der Waals surface area contributed by atoms with Crippen LogP contribution in [-0.2, 0) is 27.9 Å². The molecule has 0 fully saturated rings. The Balaban J connectivity index is 3.19. The van der Waals surface area contributed by atoms with Crippen molar-refractivity contribution in [3.8, 4) is 0 Å². The first kappa shape index (κ1) is 24.7. The van der Waals surface area contributed by atoms with E-state index in [9.17, 15) is 26.2 Å². The molecular formula is C14H19ClF3O6PS2. The lowest BCUT2D eigenvalue weighted by Crippen LogP contribution is -2.16. The van der Waals surface area contributed by atoms with Crippen molar-refractivity contribution in [1.29, 1.82) is 0 Å². The van der Waals surface area contributed by atoms with E-state index in [0.717, 1.165) is 12.1 Å². The fraction of sp³-hybridized carbons (Fsp3) is 0.571. The lowest BCUT2D eigenvalue weighted by molar-refractivity contribution is -0.0329. The van der Waals surface area contributed by atoms with E-state index in [4.69, 9.17) is 24.8 Å². The number of rotatable bonds is 9. The number of hydrogen-bond acceptors (Lipinski definition) is 7. The molecule has 0 spiro atoms. The van der Waals surface area contributed by atoms with Crippen molar-refractivity contribution in [2.45, 2.75) is 55.2 Å². The van der Waals surface area contributed by atoms with Gasteiger partial charge in [-0.25, -0.2) is 0 Å². The summed E-state index contributed by atoms with van der Waals surface area (Å²) in [6, 6.07) is 3.21. The molecule has 0 heterocycles. The Bertz CT molecular complexity index is 785.